The van der Waals surface area contributed by atoms with Crippen molar-refractivity contribution >= 4 is 23.2 Å². The number of aromatic nitrogens is 2. The summed E-state index contributed by atoms with van der Waals surface area (Å²) in [5.41, 5.74) is 0.680. The number of amides is 1. The first-order chi connectivity index (χ1) is 8.13. The molecule has 0 aliphatic heterocycles. The van der Waals surface area contributed by atoms with Crippen molar-refractivity contribution in [2.45, 2.75) is 13.3 Å². The Kier molecular flexibility index (Phi) is 3.39. The van der Waals surface area contributed by atoms with Gasteiger partial charge in [0.25, 0.3) is 0 Å². The number of benzene rings is 1. The van der Waals surface area contributed by atoms with Crippen molar-refractivity contribution in [3.63, 3.8) is 0 Å². The van der Waals surface area contributed by atoms with Crippen molar-refractivity contribution in [3.05, 3.63) is 41.0 Å². The van der Waals surface area contributed by atoms with Gasteiger partial charge in [-0.15, -0.1) is 0 Å². The standard InChI is InChI=1S/C11H10ClN3O2/c1-7-13-10(15-17-7)6-11(16)14-9-4-2-8(12)3-5-9/h2-5H,6H2,1H3,(H,14,16). The predicted octanol–water partition coefficient (Wildman–Crippen LogP) is 2.21. The van der Waals surface area contributed by atoms with Crippen molar-refractivity contribution < 1.29 is 9.32 Å². The lowest BCUT2D eigenvalue weighted by Crippen LogP contribution is -2.15. The van der Waals surface area contributed by atoms with Gasteiger partial charge < -0.3 is 9.84 Å². The normalized spacial score (nSPS) is 10.2. The molecule has 1 heterocycles. The highest BCUT2D eigenvalue weighted by molar-refractivity contribution is 6.30. The van der Waals surface area contributed by atoms with Gasteiger partial charge in [0.15, 0.2) is 5.82 Å². The van der Waals surface area contributed by atoms with Crippen LogP contribution >= 0.6 is 11.6 Å². The zero-order valence-corrected chi connectivity index (χ0v) is 9.86. The predicted molar refractivity (Wildman–Crippen MR) is 62.8 cm³/mol. The highest BCUT2D eigenvalue weighted by Gasteiger charge is 2.09. The molecule has 0 fully saturated rings. The average Bonchev–Trinajstić information content (AvgIpc) is 2.67. The number of halogens is 1. The van der Waals surface area contributed by atoms with E-state index in [-0.39, 0.29) is 12.3 Å². The molecule has 0 unspecified atom stereocenters. The minimum atomic E-state index is -0.201. The van der Waals surface area contributed by atoms with E-state index in [1.54, 1.807) is 31.2 Å². The van der Waals surface area contributed by atoms with Crippen LogP contribution in [0.2, 0.25) is 5.02 Å². The second kappa shape index (κ2) is 4.97. The van der Waals surface area contributed by atoms with E-state index in [0.717, 1.165) is 0 Å². The maximum absolute atomic E-state index is 11.6. The zero-order valence-electron chi connectivity index (χ0n) is 9.11. The lowest BCUT2D eigenvalue weighted by Gasteiger charge is -2.02. The van der Waals surface area contributed by atoms with Crippen LogP contribution in [0.25, 0.3) is 0 Å². The Morgan fingerprint density at radius 1 is 1.41 bits per heavy atom. The van der Waals surface area contributed by atoms with Gasteiger partial charge in [0.2, 0.25) is 11.8 Å². The Morgan fingerprint density at radius 3 is 2.71 bits per heavy atom. The number of nitrogens with zero attached hydrogens (tertiary/aromatic N) is 2. The summed E-state index contributed by atoms with van der Waals surface area (Å²) in [6.45, 7) is 1.67. The van der Waals surface area contributed by atoms with Gasteiger partial charge in [-0.05, 0) is 24.3 Å². The minimum absolute atomic E-state index is 0.0833. The second-order valence-electron chi connectivity index (χ2n) is 3.46. The number of rotatable bonds is 3. The van der Waals surface area contributed by atoms with Crippen LogP contribution in [-0.2, 0) is 11.2 Å². The van der Waals surface area contributed by atoms with E-state index in [1.165, 1.54) is 0 Å². The minimum Gasteiger partial charge on any atom is -0.340 e. The molecular weight excluding hydrogens is 242 g/mol. The Hall–Kier alpha value is -1.88. The summed E-state index contributed by atoms with van der Waals surface area (Å²) in [5, 5.41) is 6.97. The number of aryl methyl sites for hydroxylation is 1. The first-order valence-electron chi connectivity index (χ1n) is 4.98. The van der Waals surface area contributed by atoms with Crippen molar-refractivity contribution in [3.8, 4) is 0 Å². The van der Waals surface area contributed by atoms with Gasteiger partial charge in [-0.1, -0.05) is 16.8 Å². The third-order valence-corrected chi connectivity index (χ3v) is 2.27. The summed E-state index contributed by atoms with van der Waals surface area (Å²) in [6, 6.07) is 6.86. The molecule has 0 aliphatic rings. The number of hydrogen-bond acceptors (Lipinski definition) is 4. The van der Waals surface area contributed by atoms with Gasteiger partial charge in [0, 0.05) is 17.6 Å². The molecule has 0 saturated heterocycles. The summed E-state index contributed by atoms with van der Waals surface area (Å²) >= 11 is 5.74. The highest BCUT2D eigenvalue weighted by Crippen LogP contribution is 2.13. The largest absolute Gasteiger partial charge is 0.340 e. The molecule has 1 aromatic carbocycles. The van der Waals surface area contributed by atoms with E-state index in [4.69, 9.17) is 16.1 Å². The van der Waals surface area contributed by atoms with E-state index in [1.807, 2.05) is 0 Å². The van der Waals surface area contributed by atoms with Gasteiger partial charge in [-0.2, -0.15) is 4.98 Å². The molecule has 0 aliphatic carbocycles. The fourth-order valence-corrected chi connectivity index (χ4v) is 1.42. The molecule has 1 amide bonds. The SMILES string of the molecule is Cc1nc(CC(=O)Nc2ccc(Cl)cc2)no1. The zero-order chi connectivity index (χ0) is 12.3. The van der Waals surface area contributed by atoms with Crippen LogP contribution in [0, 0.1) is 6.92 Å². The van der Waals surface area contributed by atoms with Crippen molar-refractivity contribution in [2.24, 2.45) is 0 Å². The maximum Gasteiger partial charge on any atom is 0.232 e. The summed E-state index contributed by atoms with van der Waals surface area (Å²) in [7, 11) is 0. The monoisotopic (exact) mass is 251 g/mol. The van der Waals surface area contributed by atoms with Crippen LogP contribution in [-0.4, -0.2) is 16.0 Å². The molecule has 0 atom stereocenters. The second-order valence-corrected chi connectivity index (χ2v) is 3.90. The summed E-state index contributed by atoms with van der Waals surface area (Å²) in [4.78, 5) is 15.6. The number of carbonyl (C=O) groups is 1. The molecule has 5 nitrogen and oxygen atoms in total. The van der Waals surface area contributed by atoms with Crippen LogP contribution < -0.4 is 5.32 Å². The van der Waals surface area contributed by atoms with Gasteiger partial charge in [-0.25, -0.2) is 0 Å². The highest BCUT2D eigenvalue weighted by atomic mass is 35.5. The summed E-state index contributed by atoms with van der Waals surface area (Å²) in [5.74, 6) is 0.612. The first kappa shape index (κ1) is 11.6. The van der Waals surface area contributed by atoms with Crippen LogP contribution in [0.15, 0.2) is 28.8 Å². The smallest absolute Gasteiger partial charge is 0.232 e. The van der Waals surface area contributed by atoms with Crippen LogP contribution in [0.4, 0.5) is 5.69 Å². The van der Waals surface area contributed by atoms with Crippen molar-refractivity contribution in [2.75, 3.05) is 5.32 Å². The van der Waals surface area contributed by atoms with E-state index < -0.39 is 0 Å². The average molecular weight is 252 g/mol. The maximum atomic E-state index is 11.6. The fourth-order valence-electron chi connectivity index (χ4n) is 1.30. The molecule has 0 radical (unpaired) electrons. The van der Waals surface area contributed by atoms with Crippen molar-refractivity contribution in [1.82, 2.24) is 10.1 Å². The molecule has 88 valence electrons. The number of hydrogen-bond donors (Lipinski definition) is 1. The van der Waals surface area contributed by atoms with Gasteiger partial charge in [0.05, 0.1) is 6.42 Å². The van der Waals surface area contributed by atoms with Gasteiger partial charge >= 0.3 is 0 Å². The molecule has 1 N–H and O–H groups in total. The Labute approximate surface area is 103 Å². The van der Waals surface area contributed by atoms with Crippen molar-refractivity contribution in [1.29, 1.82) is 0 Å². The summed E-state index contributed by atoms with van der Waals surface area (Å²) in [6.07, 6.45) is 0.0833. The Morgan fingerprint density at radius 2 is 2.12 bits per heavy atom. The van der Waals surface area contributed by atoms with E-state index in [2.05, 4.69) is 15.5 Å². The van der Waals surface area contributed by atoms with Crippen LogP contribution in [0.5, 0.6) is 0 Å². The van der Waals surface area contributed by atoms with Gasteiger partial charge in [-0.3, -0.25) is 4.79 Å². The van der Waals surface area contributed by atoms with E-state index in [9.17, 15) is 4.79 Å². The van der Waals surface area contributed by atoms with Crippen LogP contribution in [0.3, 0.4) is 0 Å². The Balaban J connectivity index is 1.95. The quantitative estimate of drug-likeness (QED) is 0.908. The third kappa shape index (κ3) is 3.29. The van der Waals surface area contributed by atoms with E-state index in [0.29, 0.717) is 22.4 Å². The number of anilines is 1. The van der Waals surface area contributed by atoms with E-state index >= 15 is 0 Å². The molecule has 6 heteroatoms. The first-order valence-corrected chi connectivity index (χ1v) is 5.36. The van der Waals surface area contributed by atoms with Gasteiger partial charge in [0.1, 0.15) is 0 Å². The fraction of sp³-hybridized carbons (Fsp3) is 0.182. The number of nitrogens with one attached hydrogen (secondary N) is 1. The topological polar surface area (TPSA) is 68.0 Å². The number of carbonyl (C=O) groups excluding carboxylic acids is 1. The molecule has 0 bridgehead atoms. The summed E-state index contributed by atoms with van der Waals surface area (Å²) < 4.78 is 4.77. The molecular formula is C11H10ClN3O2. The lowest BCUT2D eigenvalue weighted by atomic mass is 10.3. The molecule has 1 aromatic heterocycles. The molecule has 2 aromatic rings. The molecule has 2 rings (SSSR count). The van der Waals surface area contributed by atoms with Crippen LogP contribution in [0.1, 0.15) is 11.7 Å². The molecule has 17 heavy (non-hydrogen) atoms. The molecule has 0 saturated carbocycles. The third-order valence-electron chi connectivity index (χ3n) is 2.02. The molecule has 0 spiro atoms. The Bertz CT molecular complexity index is 522. The lowest BCUT2D eigenvalue weighted by molar-refractivity contribution is -0.115.